The average molecular weight is 637 g/mol. The largest absolute Gasteiger partial charge is 0.481 e. The third-order valence-electron chi connectivity index (χ3n) is 8.54. The molecule has 10 nitrogen and oxygen atoms in total. The number of benzene rings is 3. The first-order chi connectivity index (χ1) is 22.2. The van der Waals surface area contributed by atoms with Gasteiger partial charge in [-0.2, -0.15) is 0 Å². The van der Waals surface area contributed by atoms with E-state index in [0.717, 1.165) is 35.2 Å². The van der Waals surface area contributed by atoms with Gasteiger partial charge in [-0.15, -0.1) is 0 Å². The number of fused-ring (bicyclic) bond motifs is 1. The quantitative estimate of drug-likeness (QED) is 0.176. The smallest absolute Gasteiger partial charge is 0.309 e. The zero-order valence-electron chi connectivity index (χ0n) is 26.6. The molecule has 0 aromatic heterocycles. The number of nitrogens with one attached hydrogen (secondary N) is 1. The number of nitrogens with zero attached hydrogens (tertiary/aromatic N) is 1. The van der Waals surface area contributed by atoms with Crippen LogP contribution in [0.25, 0.3) is 0 Å². The van der Waals surface area contributed by atoms with Crippen molar-refractivity contribution in [2.24, 2.45) is 5.92 Å². The predicted molar refractivity (Wildman–Crippen MR) is 169 cm³/mol. The standard InChI is InChI=1S/C35H41FN2O8/c1-5-22-13-21(3)14-23(6-2)32(22)37-30(39)18-38-17-27(25-15-28(36)34-29(16-25)45-20-46-34)31(35(40)41)33(38)24-7-9-26(10-8-24)44-19-43-12-11-42-4/h7-10,13-16,27,31,33H,5-6,11-12,17-20H2,1-4H3,(H,37,39)(H,40,41)/t27-,31?,33+/m1/s1. The fourth-order valence-electron chi connectivity index (χ4n) is 6.42. The van der Waals surface area contributed by atoms with Gasteiger partial charge < -0.3 is 34.1 Å². The normalized spacial score (nSPS) is 18.9. The molecule has 0 bridgehead atoms. The molecule has 1 saturated heterocycles. The van der Waals surface area contributed by atoms with Crippen molar-refractivity contribution in [3.8, 4) is 17.2 Å². The van der Waals surface area contributed by atoms with Gasteiger partial charge >= 0.3 is 5.97 Å². The molecule has 2 N–H and O–H groups in total. The number of carbonyl (C=O) groups is 2. The zero-order valence-corrected chi connectivity index (χ0v) is 26.6. The number of halogens is 1. The molecule has 0 radical (unpaired) electrons. The highest BCUT2D eigenvalue weighted by molar-refractivity contribution is 5.94. The van der Waals surface area contributed by atoms with Crippen molar-refractivity contribution in [2.45, 2.75) is 45.6 Å². The molecule has 3 aromatic carbocycles. The molecule has 2 aliphatic rings. The van der Waals surface area contributed by atoms with Gasteiger partial charge in [0.15, 0.2) is 18.4 Å². The van der Waals surface area contributed by atoms with Crippen molar-refractivity contribution < 1.29 is 42.8 Å². The molecule has 246 valence electrons. The Labute approximate surface area is 268 Å². The first-order valence-corrected chi connectivity index (χ1v) is 15.5. The number of carboxylic acids is 1. The monoisotopic (exact) mass is 636 g/mol. The maximum atomic E-state index is 15.0. The SMILES string of the molecule is CCc1cc(C)cc(CC)c1NC(=O)CN1C[C@H](c2cc(F)c3c(c2)OCO3)C(C(=O)O)[C@@H]1c1ccc(OCOCCOC)cc1. The highest BCUT2D eigenvalue weighted by Crippen LogP contribution is 2.48. The number of hydrogen-bond acceptors (Lipinski definition) is 8. The number of methoxy groups -OCH3 is 1. The molecule has 5 rings (SSSR count). The third-order valence-corrected chi connectivity index (χ3v) is 8.54. The number of ether oxygens (including phenoxy) is 5. The molecule has 3 atom stereocenters. The number of anilines is 1. The van der Waals surface area contributed by atoms with Crippen molar-refractivity contribution in [3.05, 3.63) is 82.2 Å². The van der Waals surface area contributed by atoms with Gasteiger partial charge in [-0.1, -0.05) is 43.7 Å². The van der Waals surface area contributed by atoms with Crippen LogP contribution in [0.4, 0.5) is 10.1 Å². The van der Waals surface area contributed by atoms with Gasteiger partial charge in [-0.25, -0.2) is 4.39 Å². The molecular formula is C35H41FN2O8. The lowest BCUT2D eigenvalue weighted by Gasteiger charge is -2.27. The number of hydrogen-bond donors (Lipinski definition) is 2. The van der Waals surface area contributed by atoms with Crippen LogP contribution in [0, 0.1) is 18.7 Å². The van der Waals surface area contributed by atoms with E-state index in [-0.39, 0.29) is 44.1 Å². The van der Waals surface area contributed by atoms with E-state index in [1.807, 2.05) is 25.7 Å². The minimum atomic E-state index is -1.05. The summed E-state index contributed by atoms with van der Waals surface area (Å²) in [5.74, 6) is -2.76. The van der Waals surface area contributed by atoms with Crippen LogP contribution in [0.5, 0.6) is 17.2 Å². The van der Waals surface area contributed by atoms with Crippen molar-refractivity contribution in [3.63, 3.8) is 0 Å². The molecule has 0 aliphatic carbocycles. The minimum Gasteiger partial charge on any atom is -0.481 e. The third kappa shape index (κ3) is 7.27. The van der Waals surface area contributed by atoms with Gasteiger partial charge in [-0.3, -0.25) is 14.5 Å². The van der Waals surface area contributed by atoms with Crippen LogP contribution in [0.1, 0.15) is 53.6 Å². The number of amides is 1. The summed E-state index contributed by atoms with van der Waals surface area (Å²) < 4.78 is 41.7. The first kappa shape index (κ1) is 33.2. The Morgan fingerprint density at radius 1 is 1.02 bits per heavy atom. The van der Waals surface area contributed by atoms with Crippen molar-refractivity contribution in [2.75, 3.05) is 52.3 Å². The Balaban J connectivity index is 1.45. The minimum absolute atomic E-state index is 0.0137. The number of carboxylic acid groups (broad SMARTS) is 1. The van der Waals surface area contributed by atoms with Crippen LogP contribution in [-0.2, 0) is 31.9 Å². The number of rotatable bonds is 14. The maximum Gasteiger partial charge on any atom is 0.309 e. The predicted octanol–water partition coefficient (Wildman–Crippen LogP) is 5.47. The number of aryl methyl sites for hydroxylation is 3. The van der Waals surface area contributed by atoms with E-state index in [1.165, 1.54) is 6.07 Å². The molecule has 2 aliphatic heterocycles. The lowest BCUT2D eigenvalue weighted by molar-refractivity contribution is -0.143. The Morgan fingerprint density at radius 3 is 2.39 bits per heavy atom. The molecule has 0 spiro atoms. The summed E-state index contributed by atoms with van der Waals surface area (Å²) in [4.78, 5) is 28.5. The topological polar surface area (TPSA) is 116 Å². The second kappa shape index (κ2) is 14.9. The number of aliphatic carboxylic acids is 1. The van der Waals surface area contributed by atoms with E-state index in [0.29, 0.717) is 30.1 Å². The van der Waals surface area contributed by atoms with Crippen LogP contribution >= 0.6 is 0 Å². The molecule has 46 heavy (non-hydrogen) atoms. The van der Waals surface area contributed by atoms with Crippen LogP contribution in [0.15, 0.2) is 48.5 Å². The summed E-state index contributed by atoms with van der Waals surface area (Å²) in [6, 6.07) is 13.5. The van der Waals surface area contributed by atoms with E-state index < -0.39 is 29.7 Å². The highest BCUT2D eigenvalue weighted by atomic mass is 19.1. The average Bonchev–Trinajstić information content (AvgIpc) is 3.67. The number of likely N-dealkylation sites (tertiary alicyclic amines) is 1. The van der Waals surface area contributed by atoms with E-state index in [4.69, 9.17) is 23.7 Å². The van der Waals surface area contributed by atoms with Crippen molar-refractivity contribution >= 4 is 17.6 Å². The molecule has 1 unspecified atom stereocenters. The van der Waals surface area contributed by atoms with Gasteiger partial charge in [0.05, 0.1) is 25.7 Å². The summed E-state index contributed by atoms with van der Waals surface area (Å²) in [7, 11) is 1.59. The van der Waals surface area contributed by atoms with E-state index in [1.54, 1.807) is 37.4 Å². The molecule has 11 heteroatoms. The molecule has 3 aromatic rings. The lowest BCUT2D eigenvalue weighted by Crippen LogP contribution is -2.35. The zero-order chi connectivity index (χ0) is 32.8. The van der Waals surface area contributed by atoms with Crippen LogP contribution in [0.3, 0.4) is 0 Å². The summed E-state index contributed by atoms with van der Waals surface area (Å²) >= 11 is 0. The Hall–Kier alpha value is -4.19. The van der Waals surface area contributed by atoms with Gasteiger partial charge in [0.2, 0.25) is 18.4 Å². The molecular weight excluding hydrogens is 595 g/mol. The molecule has 2 heterocycles. The van der Waals surface area contributed by atoms with Crippen molar-refractivity contribution in [1.82, 2.24) is 4.90 Å². The summed E-state index contributed by atoms with van der Waals surface area (Å²) in [6.45, 7) is 7.03. The van der Waals surface area contributed by atoms with Crippen molar-refractivity contribution in [1.29, 1.82) is 0 Å². The molecule has 0 saturated carbocycles. The fraction of sp³-hybridized carbons (Fsp3) is 0.429. The van der Waals surface area contributed by atoms with Crippen LogP contribution in [0.2, 0.25) is 0 Å². The van der Waals surface area contributed by atoms with Crippen LogP contribution < -0.4 is 19.5 Å². The van der Waals surface area contributed by atoms with Gasteiger partial charge in [0.1, 0.15) is 5.75 Å². The Kier molecular flexibility index (Phi) is 10.8. The van der Waals surface area contributed by atoms with E-state index >= 15 is 4.39 Å². The lowest BCUT2D eigenvalue weighted by atomic mass is 9.82. The summed E-state index contributed by atoms with van der Waals surface area (Å²) in [5.41, 5.74) is 5.17. The summed E-state index contributed by atoms with van der Waals surface area (Å²) in [5, 5.41) is 13.7. The maximum absolute atomic E-state index is 15.0. The highest BCUT2D eigenvalue weighted by Gasteiger charge is 2.48. The van der Waals surface area contributed by atoms with Gasteiger partial charge in [0.25, 0.3) is 0 Å². The van der Waals surface area contributed by atoms with Gasteiger partial charge in [-0.05, 0) is 66.3 Å². The van der Waals surface area contributed by atoms with Crippen LogP contribution in [-0.4, -0.2) is 68.9 Å². The Bertz CT molecular complexity index is 1520. The number of carbonyl (C=O) groups excluding carboxylic acids is 1. The molecule has 1 amide bonds. The molecule has 1 fully saturated rings. The second-order valence-electron chi connectivity index (χ2n) is 11.5. The first-order valence-electron chi connectivity index (χ1n) is 15.5. The fourth-order valence-corrected chi connectivity index (χ4v) is 6.42. The van der Waals surface area contributed by atoms with E-state index in [2.05, 4.69) is 17.4 Å². The Morgan fingerprint density at radius 2 is 1.74 bits per heavy atom. The van der Waals surface area contributed by atoms with Gasteiger partial charge in [0, 0.05) is 31.3 Å². The van der Waals surface area contributed by atoms with E-state index in [9.17, 15) is 14.7 Å². The summed E-state index contributed by atoms with van der Waals surface area (Å²) in [6.07, 6.45) is 1.50. The second-order valence-corrected chi connectivity index (χ2v) is 11.5.